The minimum absolute atomic E-state index is 0.107. The van der Waals surface area contributed by atoms with E-state index < -0.39 is 5.97 Å². The molecule has 0 unspecified atom stereocenters. The molecule has 0 aromatic heterocycles. The standard InChI is InChI=1S/C18H20N2O5/c1-11(19-20-14-7-5-12(6-8-14)18(21)22)13-9-15(23-2)17(25-4)16(10-13)24-3/h5-10,20H,1-4H3,(H,21,22)/p-1/b19-11-. The Hall–Kier alpha value is -3.22. The Balaban J connectivity index is 2.25. The van der Waals surface area contributed by atoms with Crippen LogP contribution in [0, 0.1) is 0 Å². The van der Waals surface area contributed by atoms with Crippen LogP contribution in [0.1, 0.15) is 22.8 Å². The molecule has 0 atom stereocenters. The first-order valence-corrected chi connectivity index (χ1v) is 7.42. The monoisotopic (exact) mass is 343 g/mol. The molecular weight excluding hydrogens is 324 g/mol. The second-order valence-electron chi connectivity index (χ2n) is 5.09. The summed E-state index contributed by atoms with van der Waals surface area (Å²) in [5.41, 5.74) is 5.10. The molecule has 2 aromatic rings. The van der Waals surface area contributed by atoms with Crippen LogP contribution in [0.25, 0.3) is 0 Å². The first-order chi connectivity index (χ1) is 12.0. The molecule has 0 saturated carbocycles. The summed E-state index contributed by atoms with van der Waals surface area (Å²) in [5.74, 6) is 0.352. The zero-order chi connectivity index (χ0) is 18.4. The number of ether oxygens (including phenoxy) is 3. The maximum atomic E-state index is 10.7. The fourth-order valence-electron chi connectivity index (χ4n) is 2.18. The van der Waals surface area contributed by atoms with Crippen molar-refractivity contribution in [3.63, 3.8) is 0 Å². The molecule has 0 aliphatic rings. The van der Waals surface area contributed by atoms with Gasteiger partial charge in [0.05, 0.1) is 38.7 Å². The van der Waals surface area contributed by atoms with E-state index in [4.69, 9.17) is 14.2 Å². The summed E-state index contributed by atoms with van der Waals surface area (Å²) < 4.78 is 15.9. The van der Waals surface area contributed by atoms with Crippen LogP contribution in [0.4, 0.5) is 5.69 Å². The normalized spacial score (nSPS) is 11.0. The van der Waals surface area contributed by atoms with Crippen molar-refractivity contribution in [2.45, 2.75) is 6.92 Å². The number of anilines is 1. The molecule has 0 radical (unpaired) electrons. The highest BCUT2D eigenvalue weighted by Crippen LogP contribution is 2.38. The number of carboxylic acids is 1. The maximum absolute atomic E-state index is 10.7. The van der Waals surface area contributed by atoms with Crippen LogP contribution >= 0.6 is 0 Å². The fraction of sp³-hybridized carbons (Fsp3) is 0.222. The van der Waals surface area contributed by atoms with E-state index in [0.29, 0.717) is 28.6 Å². The van der Waals surface area contributed by atoms with Gasteiger partial charge in [-0.25, -0.2) is 0 Å². The zero-order valence-electron chi connectivity index (χ0n) is 14.5. The molecule has 0 fully saturated rings. The second kappa shape index (κ2) is 8.05. The molecule has 0 spiro atoms. The van der Waals surface area contributed by atoms with Gasteiger partial charge in [-0.15, -0.1) is 0 Å². The predicted molar refractivity (Wildman–Crippen MR) is 92.7 cm³/mol. The molecular formula is C18H19N2O5-. The van der Waals surface area contributed by atoms with Crippen LogP contribution in [-0.4, -0.2) is 33.0 Å². The van der Waals surface area contributed by atoms with Gasteiger partial charge in [0.25, 0.3) is 0 Å². The van der Waals surface area contributed by atoms with E-state index in [1.54, 1.807) is 45.6 Å². The lowest BCUT2D eigenvalue weighted by molar-refractivity contribution is -0.255. The summed E-state index contributed by atoms with van der Waals surface area (Å²) in [6.45, 7) is 1.82. The summed E-state index contributed by atoms with van der Waals surface area (Å²) in [5, 5.41) is 15.0. The number of carbonyl (C=O) groups is 1. The van der Waals surface area contributed by atoms with E-state index in [1.165, 1.54) is 12.1 Å². The highest BCUT2D eigenvalue weighted by molar-refractivity contribution is 6.00. The van der Waals surface area contributed by atoms with Crippen LogP contribution in [0.5, 0.6) is 17.2 Å². The van der Waals surface area contributed by atoms with Crippen molar-refractivity contribution in [2.75, 3.05) is 26.8 Å². The number of hydrazone groups is 1. The van der Waals surface area contributed by atoms with Gasteiger partial charge in [-0.1, -0.05) is 12.1 Å². The van der Waals surface area contributed by atoms with Gasteiger partial charge in [-0.2, -0.15) is 5.10 Å². The Bertz CT molecular complexity index is 760. The summed E-state index contributed by atoms with van der Waals surface area (Å²) in [6.07, 6.45) is 0. The van der Waals surface area contributed by atoms with Gasteiger partial charge in [0.1, 0.15) is 0 Å². The minimum atomic E-state index is -1.22. The molecule has 2 rings (SSSR count). The summed E-state index contributed by atoms with van der Waals surface area (Å²) in [6, 6.07) is 9.69. The average Bonchev–Trinajstić information content (AvgIpc) is 2.64. The molecule has 0 saturated heterocycles. The molecule has 0 aliphatic heterocycles. The number of methoxy groups -OCH3 is 3. The van der Waals surface area contributed by atoms with E-state index >= 15 is 0 Å². The van der Waals surface area contributed by atoms with Gasteiger partial charge in [0.15, 0.2) is 11.5 Å². The quantitative estimate of drug-likeness (QED) is 0.610. The average molecular weight is 343 g/mol. The molecule has 0 aliphatic carbocycles. The Morgan fingerprint density at radius 2 is 1.52 bits per heavy atom. The van der Waals surface area contributed by atoms with Gasteiger partial charge in [-0.3, -0.25) is 5.43 Å². The van der Waals surface area contributed by atoms with Crippen molar-refractivity contribution < 1.29 is 24.1 Å². The first-order valence-electron chi connectivity index (χ1n) is 7.42. The summed E-state index contributed by atoms with van der Waals surface area (Å²) >= 11 is 0. The van der Waals surface area contributed by atoms with E-state index in [1.807, 2.05) is 6.92 Å². The van der Waals surface area contributed by atoms with Crippen molar-refractivity contribution in [3.05, 3.63) is 47.5 Å². The van der Waals surface area contributed by atoms with E-state index in [9.17, 15) is 9.90 Å². The predicted octanol–water partition coefficient (Wildman–Crippen LogP) is 1.91. The molecule has 0 heterocycles. The molecule has 1 N–H and O–H groups in total. The third kappa shape index (κ3) is 4.20. The third-order valence-electron chi connectivity index (χ3n) is 3.56. The number of aromatic carboxylic acids is 1. The summed E-state index contributed by atoms with van der Waals surface area (Å²) in [4.78, 5) is 10.7. The van der Waals surface area contributed by atoms with E-state index in [2.05, 4.69) is 10.5 Å². The van der Waals surface area contributed by atoms with Crippen LogP contribution in [0.15, 0.2) is 41.5 Å². The van der Waals surface area contributed by atoms with Gasteiger partial charge < -0.3 is 24.1 Å². The number of hydrogen-bond donors (Lipinski definition) is 1. The zero-order valence-corrected chi connectivity index (χ0v) is 14.5. The Labute approximate surface area is 145 Å². The number of carbonyl (C=O) groups excluding carboxylic acids is 1. The number of benzene rings is 2. The highest BCUT2D eigenvalue weighted by Gasteiger charge is 2.14. The summed E-state index contributed by atoms with van der Waals surface area (Å²) in [7, 11) is 4.63. The SMILES string of the molecule is COc1cc(/C(C)=N\Nc2ccc(C(=O)[O-])cc2)cc(OC)c1OC. The number of carboxylic acid groups (broad SMARTS) is 1. The van der Waals surface area contributed by atoms with Crippen molar-refractivity contribution in [2.24, 2.45) is 5.10 Å². The number of nitrogens with one attached hydrogen (secondary N) is 1. The molecule has 0 amide bonds. The lowest BCUT2D eigenvalue weighted by Crippen LogP contribution is -2.21. The number of rotatable bonds is 7. The molecule has 132 valence electrons. The molecule has 0 bridgehead atoms. The lowest BCUT2D eigenvalue weighted by Gasteiger charge is -2.14. The second-order valence-corrected chi connectivity index (χ2v) is 5.09. The van der Waals surface area contributed by atoms with Gasteiger partial charge in [0, 0.05) is 5.56 Å². The molecule has 7 heteroatoms. The van der Waals surface area contributed by atoms with Crippen molar-refractivity contribution >= 4 is 17.4 Å². The van der Waals surface area contributed by atoms with Crippen molar-refractivity contribution in [1.29, 1.82) is 0 Å². The van der Waals surface area contributed by atoms with Crippen LogP contribution < -0.4 is 24.7 Å². The molecule has 25 heavy (non-hydrogen) atoms. The Morgan fingerprint density at radius 3 is 1.96 bits per heavy atom. The van der Waals surface area contributed by atoms with Crippen LogP contribution in [-0.2, 0) is 0 Å². The largest absolute Gasteiger partial charge is 0.545 e. The third-order valence-corrected chi connectivity index (χ3v) is 3.56. The van der Waals surface area contributed by atoms with Crippen molar-refractivity contribution in [1.82, 2.24) is 0 Å². The van der Waals surface area contributed by atoms with Crippen LogP contribution in [0.3, 0.4) is 0 Å². The number of nitrogens with zero attached hydrogens (tertiary/aromatic N) is 1. The van der Waals surface area contributed by atoms with Gasteiger partial charge in [0.2, 0.25) is 5.75 Å². The molecule has 2 aromatic carbocycles. The van der Waals surface area contributed by atoms with Gasteiger partial charge in [-0.05, 0) is 36.8 Å². The number of hydrogen-bond acceptors (Lipinski definition) is 7. The first kappa shape index (κ1) is 18.1. The van der Waals surface area contributed by atoms with E-state index in [-0.39, 0.29) is 5.56 Å². The van der Waals surface area contributed by atoms with Gasteiger partial charge >= 0.3 is 0 Å². The van der Waals surface area contributed by atoms with Crippen LogP contribution in [0.2, 0.25) is 0 Å². The maximum Gasteiger partial charge on any atom is 0.203 e. The fourth-order valence-corrected chi connectivity index (χ4v) is 2.18. The van der Waals surface area contributed by atoms with E-state index in [0.717, 1.165) is 5.56 Å². The highest BCUT2D eigenvalue weighted by atomic mass is 16.5. The molecule has 7 nitrogen and oxygen atoms in total. The Kier molecular flexibility index (Phi) is 5.84. The Morgan fingerprint density at radius 1 is 0.960 bits per heavy atom. The topological polar surface area (TPSA) is 92.2 Å². The lowest BCUT2D eigenvalue weighted by atomic mass is 10.1. The van der Waals surface area contributed by atoms with Crippen molar-refractivity contribution in [3.8, 4) is 17.2 Å². The smallest absolute Gasteiger partial charge is 0.203 e. The minimum Gasteiger partial charge on any atom is -0.545 e.